The van der Waals surface area contributed by atoms with Crippen molar-refractivity contribution < 1.29 is 13.6 Å². The first kappa shape index (κ1) is 10.7. The molecule has 0 aliphatic heterocycles. The van der Waals surface area contributed by atoms with Gasteiger partial charge in [-0.25, -0.2) is 13.8 Å². The molecule has 1 heterocycles. The van der Waals surface area contributed by atoms with Crippen LogP contribution in [0.1, 0.15) is 33.7 Å². The average Bonchev–Trinajstić information content (AvgIpc) is 2.15. The van der Waals surface area contributed by atoms with Crippen LogP contribution in [0.5, 0.6) is 0 Å². The molecule has 5 heteroatoms. The number of halogens is 2. The van der Waals surface area contributed by atoms with Crippen LogP contribution >= 0.6 is 0 Å². The molecule has 0 aromatic carbocycles. The molecule has 0 saturated carbocycles. The number of aldehydes is 1. The molecule has 0 aliphatic carbocycles. The number of nitrogens with two attached hydrogens (primary N) is 1. The molecule has 76 valence electrons. The Kier molecular flexibility index (Phi) is 3.24. The summed E-state index contributed by atoms with van der Waals surface area (Å²) in [5, 5.41) is 0. The lowest BCUT2D eigenvalue weighted by atomic mass is 10.1. The highest BCUT2D eigenvalue weighted by molar-refractivity contribution is 5.72. The van der Waals surface area contributed by atoms with E-state index in [4.69, 9.17) is 5.73 Å². The number of hydrogen-bond donors (Lipinski definition) is 1. The highest BCUT2D eigenvalue weighted by atomic mass is 19.3. The Morgan fingerprint density at radius 1 is 1.64 bits per heavy atom. The van der Waals surface area contributed by atoms with E-state index in [-0.39, 0.29) is 23.5 Å². The summed E-state index contributed by atoms with van der Waals surface area (Å²) >= 11 is 0. The quantitative estimate of drug-likeness (QED) is 0.754. The zero-order valence-electron chi connectivity index (χ0n) is 7.63. The molecule has 0 saturated heterocycles. The molecule has 0 amide bonds. The van der Waals surface area contributed by atoms with Gasteiger partial charge in [0.25, 0.3) is 6.43 Å². The van der Waals surface area contributed by atoms with Gasteiger partial charge in [0.15, 0.2) is 6.29 Å². The first-order chi connectivity index (χ1) is 6.60. The number of aryl methyl sites for hydroxylation is 1. The van der Waals surface area contributed by atoms with Crippen molar-refractivity contribution in [2.24, 2.45) is 5.73 Å². The zero-order chi connectivity index (χ0) is 10.7. The van der Waals surface area contributed by atoms with Crippen molar-refractivity contribution in [2.75, 3.05) is 0 Å². The highest BCUT2D eigenvalue weighted by Crippen LogP contribution is 2.25. The lowest BCUT2D eigenvalue weighted by Gasteiger charge is -2.09. The molecule has 1 aromatic heterocycles. The van der Waals surface area contributed by atoms with Gasteiger partial charge in [-0.3, -0.25) is 4.79 Å². The number of carbonyl (C=O) groups is 1. The second-order valence-electron chi connectivity index (χ2n) is 2.85. The Hall–Kier alpha value is -1.36. The van der Waals surface area contributed by atoms with E-state index in [0.717, 1.165) is 0 Å². The predicted octanol–water partition coefficient (Wildman–Crippen LogP) is 1.60. The maximum absolute atomic E-state index is 12.5. The number of alkyl halides is 2. The molecule has 0 aliphatic rings. The number of aromatic nitrogens is 1. The Balaban J connectivity index is 3.34. The summed E-state index contributed by atoms with van der Waals surface area (Å²) in [6.45, 7) is 1.41. The van der Waals surface area contributed by atoms with Crippen LogP contribution in [0.25, 0.3) is 0 Å². The second-order valence-corrected chi connectivity index (χ2v) is 2.85. The van der Waals surface area contributed by atoms with E-state index < -0.39 is 6.43 Å². The van der Waals surface area contributed by atoms with Gasteiger partial charge in [0.1, 0.15) is 5.69 Å². The Labute approximate surface area is 79.9 Å². The first-order valence-electron chi connectivity index (χ1n) is 4.04. The summed E-state index contributed by atoms with van der Waals surface area (Å²) in [5.74, 6) is 0. The molecular weight excluding hydrogens is 190 g/mol. The third-order valence-electron chi connectivity index (χ3n) is 1.90. The standard InChI is InChI=1S/C9H10F2N2O/c1-5-2-6(4-14)13-7(3-12)8(5)9(10)11/h2,4,9H,3,12H2,1H3. The number of carbonyl (C=O) groups excluding carboxylic acids is 1. The molecule has 1 aromatic rings. The van der Waals surface area contributed by atoms with Crippen molar-refractivity contribution in [3.63, 3.8) is 0 Å². The second kappa shape index (κ2) is 4.23. The lowest BCUT2D eigenvalue weighted by Crippen LogP contribution is -2.09. The topological polar surface area (TPSA) is 56.0 Å². The molecule has 2 N–H and O–H groups in total. The Morgan fingerprint density at radius 3 is 2.71 bits per heavy atom. The third-order valence-corrected chi connectivity index (χ3v) is 1.90. The molecular formula is C9H10F2N2O. The maximum atomic E-state index is 12.5. The SMILES string of the molecule is Cc1cc(C=O)nc(CN)c1C(F)F. The van der Waals surface area contributed by atoms with Crippen molar-refractivity contribution in [3.8, 4) is 0 Å². The van der Waals surface area contributed by atoms with Crippen LogP contribution in [0, 0.1) is 6.92 Å². The molecule has 0 unspecified atom stereocenters. The fourth-order valence-electron chi connectivity index (χ4n) is 1.29. The van der Waals surface area contributed by atoms with Crippen molar-refractivity contribution >= 4 is 6.29 Å². The smallest absolute Gasteiger partial charge is 0.265 e. The predicted molar refractivity (Wildman–Crippen MR) is 47.2 cm³/mol. The monoisotopic (exact) mass is 200 g/mol. The summed E-state index contributed by atoms with van der Waals surface area (Å²) in [7, 11) is 0. The van der Waals surface area contributed by atoms with E-state index >= 15 is 0 Å². The summed E-state index contributed by atoms with van der Waals surface area (Å²) in [4.78, 5) is 14.1. The number of rotatable bonds is 3. The van der Waals surface area contributed by atoms with Crippen LogP contribution in [0.15, 0.2) is 6.07 Å². The molecule has 0 atom stereocenters. The largest absolute Gasteiger partial charge is 0.325 e. The van der Waals surface area contributed by atoms with Crippen molar-refractivity contribution in [3.05, 3.63) is 28.6 Å². The number of pyridine rings is 1. The first-order valence-corrected chi connectivity index (χ1v) is 4.04. The molecule has 0 fully saturated rings. The van der Waals surface area contributed by atoms with E-state index in [0.29, 0.717) is 11.8 Å². The number of hydrogen-bond acceptors (Lipinski definition) is 3. The summed E-state index contributed by atoms with van der Waals surface area (Å²) in [6.07, 6.45) is -2.09. The van der Waals surface area contributed by atoms with Crippen LogP contribution in [0.3, 0.4) is 0 Å². The average molecular weight is 200 g/mol. The van der Waals surface area contributed by atoms with Crippen molar-refractivity contribution in [2.45, 2.75) is 19.9 Å². The highest BCUT2D eigenvalue weighted by Gasteiger charge is 2.17. The van der Waals surface area contributed by atoms with Crippen molar-refractivity contribution in [1.82, 2.24) is 4.98 Å². The number of nitrogens with zero attached hydrogens (tertiary/aromatic N) is 1. The van der Waals surface area contributed by atoms with Gasteiger partial charge in [-0.15, -0.1) is 0 Å². The van der Waals surface area contributed by atoms with E-state index in [1.54, 1.807) is 0 Å². The molecule has 1 rings (SSSR count). The fourth-order valence-corrected chi connectivity index (χ4v) is 1.29. The van der Waals surface area contributed by atoms with E-state index in [1.807, 2.05) is 0 Å². The molecule has 0 spiro atoms. The van der Waals surface area contributed by atoms with E-state index in [9.17, 15) is 13.6 Å². The molecule has 3 nitrogen and oxygen atoms in total. The summed E-state index contributed by atoms with van der Waals surface area (Å²) in [6, 6.07) is 1.33. The van der Waals surface area contributed by atoms with Crippen LogP contribution in [-0.2, 0) is 6.54 Å². The molecule has 0 radical (unpaired) electrons. The van der Waals surface area contributed by atoms with Gasteiger partial charge in [-0.05, 0) is 18.6 Å². The van der Waals surface area contributed by atoms with Crippen molar-refractivity contribution in [1.29, 1.82) is 0 Å². The van der Waals surface area contributed by atoms with Crippen LogP contribution < -0.4 is 5.73 Å². The van der Waals surface area contributed by atoms with Crippen LogP contribution in [0.4, 0.5) is 8.78 Å². The maximum Gasteiger partial charge on any atom is 0.265 e. The minimum Gasteiger partial charge on any atom is -0.325 e. The lowest BCUT2D eigenvalue weighted by molar-refractivity contribution is 0.111. The fraction of sp³-hybridized carbons (Fsp3) is 0.333. The Morgan fingerprint density at radius 2 is 2.29 bits per heavy atom. The normalized spacial score (nSPS) is 10.6. The van der Waals surface area contributed by atoms with Gasteiger partial charge in [-0.1, -0.05) is 0 Å². The van der Waals surface area contributed by atoms with Gasteiger partial charge in [0.05, 0.1) is 5.69 Å². The summed E-state index contributed by atoms with van der Waals surface area (Å²) in [5.41, 5.74) is 5.66. The van der Waals surface area contributed by atoms with Crippen LogP contribution in [-0.4, -0.2) is 11.3 Å². The van der Waals surface area contributed by atoms with Crippen LogP contribution in [0.2, 0.25) is 0 Å². The van der Waals surface area contributed by atoms with Gasteiger partial charge >= 0.3 is 0 Å². The van der Waals surface area contributed by atoms with E-state index in [2.05, 4.69) is 4.98 Å². The zero-order valence-corrected chi connectivity index (χ0v) is 7.63. The molecule has 0 bridgehead atoms. The van der Waals surface area contributed by atoms with E-state index in [1.165, 1.54) is 13.0 Å². The minimum atomic E-state index is -2.61. The minimum absolute atomic E-state index is 0.0853. The van der Waals surface area contributed by atoms with Gasteiger partial charge in [0, 0.05) is 12.1 Å². The van der Waals surface area contributed by atoms with Gasteiger partial charge < -0.3 is 5.73 Å². The summed E-state index contributed by atoms with van der Waals surface area (Å²) < 4.78 is 25.1. The third kappa shape index (κ3) is 1.93. The van der Waals surface area contributed by atoms with Gasteiger partial charge in [0.2, 0.25) is 0 Å². The van der Waals surface area contributed by atoms with Gasteiger partial charge in [-0.2, -0.15) is 0 Å². The molecule has 14 heavy (non-hydrogen) atoms. The Bertz CT molecular complexity index is 353.